The molecule has 0 aromatic heterocycles. The van der Waals surface area contributed by atoms with Gasteiger partial charge in [-0.1, -0.05) is 29.3 Å². The lowest BCUT2D eigenvalue weighted by molar-refractivity contribution is 0.0781. The van der Waals surface area contributed by atoms with Crippen molar-refractivity contribution in [3.8, 4) is 0 Å². The minimum Gasteiger partial charge on any atom is -0.378 e. The fraction of sp³-hybridized carbons (Fsp3) is 0.360. The predicted molar refractivity (Wildman–Crippen MR) is 139 cm³/mol. The van der Waals surface area contributed by atoms with Crippen LogP contribution in [0.4, 0.5) is 15.8 Å². The van der Waals surface area contributed by atoms with Crippen molar-refractivity contribution < 1.29 is 9.13 Å². The average molecular weight is 519 g/mol. The molecule has 0 bridgehead atoms. The Morgan fingerprint density at radius 1 is 1.06 bits per heavy atom. The maximum atomic E-state index is 14.2. The predicted octanol–water partition coefficient (Wildman–Crippen LogP) is 4.29. The van der Waals surface area contributed by atoms with E-state index in [9.17, 15) is 4.39 Å². The molecule has 7 nitrogen and oxygen atoms in total. The normalized spacial score (nSPS) is 18.4. The summed E-state index contributed by atoms with van der Waals surface area (Å²) >= 11 is 12.7. The average Bonchev–Trinajstić information content (AvgIpc) is 2.88. The van der Waals surface area contributed by atoms with Gasteiger partial charge < -0.3 is 25.2 Å². The van der Waals surface area contributed by atoms with Crippen LogP contribution in [0.15, 0.2) is 59.8 Å². The lowest BCUT2D eigenvalue weighted by atomic mass is 10.1. The van der Waals surface area contributed by atoms with Crippen molar-refractivity contribution in [2.45, 2.75) is 6.54 Å². The molecule has 2 aromatic carbocycles. The quantitative estimate of drug-likeness (QED) is 0.572. The molecule has 0 unspecified atom stereocenters. The fourth-order valence-corrected chi connectivity index (χ4v) is 5.07. The lowest BCUT2D eigenvalue weighted by Gasteiger charge is -2.44. The second-order valence-corrected chi connectivity index (χ2v) is 9.54. The Kier molecular flexibility index (Phi) is 6.86. The highest BCUT2D eigenvalue weighted by molar-refractivity contribution is 6.36. The van der Waals surface area contributed by atoms with Gasteiger partial charge in [0.25, 0.3) is 0 Å². The Morgan fingerprint density at radius 3 is 2.66 bits per heavy atom. The number of rotatable bonds is 5. The molecule has 0 spiro atoms. The molecule has 2 aromatic rings. The van der Waals surface area contributed by atoms with E-state index >= 15 is 0 Å². The third-order valence-corrected chi connectivity index (χ3v) is 7.40. The van der Waals surface area contributed by atoms with Crippen LogP contribution < -0.4 is 15.5 Å². The number of anilines is 2. The highest BCUT2D eigenvalue weighted by Gasteiger charge is 2.29. The minimum absolute atomic E-state index is 0.0710. The van der Waals surface area contributed by atoms with Crippen LogP contribution >= 0.6 is 23.2 Å². The van der Waals surface area contributed by atoms with Crippen LogP contribution in [0.3, 0.4) is 0 Å². The van der Waals surface area contributed by atoms with E-state index in [-0.39, 0.29) is 5.02 Å². The maximum Gasteiger partial charge on any atom is 0.144 e. The highest BCUT2D eigenvalue weighted by atomic mass is 35.5. The summed E-state index contributed by atoms with van der Waals surface area (Å²) in [6, 6.07) is 11.3. The molecule has 1 saturated heterocycles. The molecule has 0 amide bonds. The summed E-state index contributed by atoms with van der Waals surface area (Å²) in [5.74, 6) is 1.42. The van der Waals surface area contributed by atoms with Crippen molar-refractivity contribution in [3.05, 3.63) is 81.2 Å². The Balaban J connectivity index is 1.42. The van der Waals surface area contributed by atoms with Crippen molar-refractivity contribution in [1.82, 2.24) is 20.2 Å². The first kappa shape index (κ1) is 23.9. The number of ether oxygens (including phenoxy) is 1. The number of hydrogen-bond acceptors (Lipinski definition) is 7. The zero-order valence-corrected chi connectivity index (χ0v) is 21.3. The molecule has 1 fully saturated rings. The second kappa shape index (κ2) is 10.0. The van der Waals surface area contributed by atoms with Crippen LogP contribution in [0.1, 0.15) is 5.56 Å². The molecule has 3 heterocycles. The van der Waals surface area contributed by atoms with Crippen LogP contribution in [0, 0.1) is 5.82 Å². The molecule has 5 rings (SSSR count). The van der Waals surface area contributed by atoms with Gasteiger partial charge in [0.15, 0.2) is 0 Å². The number of allylic oxidation sites excluding steroid dienone is 1. The van der Waals surface area contributed by atoms with Crippen molar-refractivity contribution in [3.63, 3.8) is 0 Å². The molecule has 35 heavy (non-hydrogen) atoms. The van der Waals surface area contributed by atoms with Gasteiger partial charge in [0.2, 0.25) is 0 Å². The first-order chi connectivity index (χ1) is 16.9. The Hall–Kier alpha value is -2.81. The minimum atomic E-state index is -0.464. The van der Waals surface area contributed by atoms with Crippen molar-refractivity contribution in [2.75, 3.05) is 63.7 Å². The number of nitrogens with one attached hydrogen (secondary N) is 2. The molecule has 3 aliphatic heterocycles. The summed E-state index contributed by atoms with van der Waals surface area (Å²) in [4.78, 5) is 4.51. The number of nitrogens with zero attached hydrogens (tertiary/aromatic N) is 4. The van der Waals surface area contributed by atoms with Gasteiger partial charge in [0.05, 0.1) is 23.9 Å². The summed E-state index contributed by atoms with van der Waals surface area (Å²) in [6.45, 7) is 5.15. The van der Waals surface area contributed by atoms with Gasteiger partial charge in [0, 0.05) is 74.9 Å². The summed E-state index contributed by atoms with van der Waals surface area (Å²) in [7, 11) is 4.02. The molecule has 186 valence electrons. The van der Waals surface area contributed by atoms with Crippen LogP contribution in [-0.4, -0.2) is 68.4 Å². The SMILES string of the molecule is CN1C(Nc2cccc(N3CCOCC3)c2)=CC2=C(NCCN2Cc2c(Cl)ccc(F)c2Cl)N1C. The van der Waals surface area contributed by atoms with Crippen LogP contribution in [0.2, 0.25) is 10.0 Å². The third kappa shape index (κ3) is 4.83. The number of morpholine rings is 1. The fourth-order valence-electron chi connectivity index (χ4n) is 4.58. The highest BCUT2D eigenvalue weighted by Crippen LogP contribution is 2.33. The van der Waals surface area contributed by atoms with E-state index < -0.39 is 5.82 Å². The molecule has 0 saturated carbocycles. The topological polar surface area (TPSA) is 46.2 Å². The van der Waals surface area contributed by atoms with Gasteiger partial charge in [-0.2, -0.15) is 0 Å². The Labute approximate surface area is 215 Å². The van der Waals surface area contributed by atoms with E-state index in [0.717, 1.165) is 62.4 Å². The van der Waals surface area contributed by atoms with Gasteiger partial charge in [-0.25, -0.2) is 4.39 Å². The number of halogens is 3. The first-order valence-electron chi connectivity index (χ1n) is 11.7. The first-order valence-corrected chi connectivity index (χ1v) is 12.4. The molecular formula is C25H29Cl2FN6O. The number of hydrogen-bond donors (Lipinski definition) is 2. The van der Waals surface area contributed by atoms with E-state index in [1.54, 1.807) is 6.07 Å². The van der Waals surface area contributed by atoms with E-state index in [2.05, 4.69) is 60.8 Å². The third-order valence-electron chi connectivity index (χ3n) is 6.64. The second-order valence-electron chi connectivity index (χ2n) is 8.76. The smallest absolute Gasteiger partial charge is 0.144 e. The maximum absolute atomic E-state index is 14.2. The summed E-state index contributed by atoms with van der Waals surface area (Å²) in [5, 5.41) is 11.7. The molecule has 3 aliphatic rings. The molecule has 0 radical (unpaired) electrons. The summed E-state index contributed by atoms with van der Waals surface area (Å²) in [5.41, 5.74) is 3.74. The molecule has 0 atom stereocenters. The monoisotopic (exact) mass is 518 g/mol. The van der Waals surface area contributed by atoms with Gasteiger partial charge in [0.1, 0.15) is 17.5 Å². The van der Waals surface area contributed by atoms with E-state index in [1.165, 1.54) is 11.8 Å². The van der Waals surface area contributed by atoms with E-state index in [0.29, 0.717) is 17.1 Å². The number of hydrazine groups is 1. The van der Waals surface area contributed by atoms with Gasteiger partial charge in [-0.15, -0.1) is 0 Å². The van der Waals surface area contributed by atoms with Crippen LogP contribution in [0.25, 0.3) is 0 Å². The number of benzene rings is 2. The van der Waals surface area contributed by atoms with Crippen LogP contribution in [-0.2, 0) is 11.3 Å². The largest absolute Gasteiger partial charge is 0.378 e. The van der Waals surface area contributed by atoms with Crippen LogP contribution in [0.5, 0.6) is 0 Å². The van der Waals surface area contributed by atoms with Gasteiger partial charge >= 0.3 is 0 Å². The zero-order chi connectivity index (χ0) is 24.5. The standard InChI is InChI=1S/C25H29Cl2FN6O/c1-31-23(30-17-4-3-5-18(14-17)33-10-12-35-13-11-33)15-22-25(32(31)2)29-8-9-34(22)16-19-20(26)6-7-21(28)24(19)27/h3-7,14-15,29-30H,8-13,16H2,1-2H3. The van der Waals surface area contributed by atoms with Crippen molar-refractivity contribution in [2.24, 2.45) is 0 Å². The van der Waals surface area contributed by atoms with Gasteiger partial charge in [-0.05, 0) is 30.3 Å². The summed E-state index contributed by atoms with van der Waals surface area (Å²) < 4.78 is 19.6. The lowest BCUT2D eigenvalue weighted by Crippen LogP contribution is -2.51. The molecule has 0 aliphatic carbocycles. The van der Waals surface area contributed by atoms with Crippen molar-refractivity contribution in [1.29, 1.82) is 0 Å². The molecule has 2 N–H and O–H groups in total. The van der Waals surface area contributed by atoms with E-state index in [1.807, 2.05) is 14.1 Å². The Bertz CT molecular complexity index is 1170. The molecular weight excluding hydrogens is 490 g/mol. The summed E-state index contributed by atoms with van der Waals surface area (Å²) in [6.07, 6.45) is 2.10. The molecule has 10 heteroatoms. The Morgan fingerprint density at radius 2 is 1.86 bits per heavy atom. The van der Waals surface area contributed by atoms with Crippen molar-refractivity contribution >= 4 is 34.6 Å². The zero-order valence-electron chi connectivity index (χ0n) is 19.8. The van der Waals surface area contributed by atoms with Gasteiger partial charge in [-0.3, -0.25) is 10.0 Å². The van der Waals surface area contributed by atoms with E-state index in [4.69, 9.17) is 27.9 Å².